The number of hydrogen-bond acceptors (Lipinski definition) is 2. The number of para-hydroxylation sites is 1. The highest BCUT2D eigenvalue weighted by Crippen LogP contribution is 2.34. The average molecular weight is 358 g/mol. The lowest BCUT2D eigenvalue weighted by atomic mass is 9.86. The largest absolute Gasteiger partial charge is 0.423 e. The Morgan fingerprint density at radius 3 is 2.11 bits per heavy atom. The molecule has 0 unspecified atom stereocenters. The first-order valence-electron chi connectivity index (χ1n) is 9.26. The van der Waals surface area contributed by atoms with Crippen molar-refractivity contribution in [2.75, 3.05) is 0 Å². The molecule has 0 bridgehead atoms. The topological polar surface area (TPSA) is 26.3 Å². The molecule has 0 saturated heterocycles. The first kappa shape index (κ1) is 18.9. The minimum atomic E-state index is -0.325. The smallest absolute Gasteiger partial charge is 0.344 e. The number of ether oxygens (including phenoxy) is 1. The third kappa shape index (κ3) is 3.95. The molecule has 0 spiro atoms. The van der Waals surface area contributed by atoms with Crippen LogP contribution >= 0.6 is 0 Å². The summed E-state index contributed by atoms with van der Waals surface area (Å²) in [5, 5.41) is 0. The Balaban J connectivity index is 2.06. The first-order chi connectivity index (χ1) is 12.8. The molecule has 0 aliphatic heterocycles. The molecule has 0 fully saturated rings. The molecule has 0 N–H and O–H groups in total. The number of esters is 1. The van der Waals surface area contributed by atoms with Gasteiger partial charge in [0.25, 0.3) is 0 Å². The molecule has 27 heavy (non-hydrogen) atoms. The number of aryl methyl sites for hydroxylation is 2. The predicted octanol–water partition coefficient (Wildman–Crippen LogP) is 6.49. The zero-order valence-electron chi connectivity index (χ0n) is 16.7. The number of rotatable bonds is 3. The summed E-state index contributed by atoms with van der Waals surface area (Å²) in [6, 6.07) is 21.7. The van der Waals surface area contributed by atoms with E-state index in [1.54, 1.807) is 0 Å². The van der Waals surface area contributed by atoms with Crippen molar-refractivity contribution in [1.82, 2.24) is 0 Å². The normalized spacial score (nSPS) is 11.3. The van der Waals surface area contributed by atoms with Gasteiger partial charge in [-0.05, 0) is 53.6 Å². The van der Waals surface area contributed by atoms with Crippen LogP contribution in [0.4, 0.5) is 0 Å². The molecule has 0 saturated carbocycles. The fraction of sp³-hybridized carbons (Fsp3) is 0.240. The van der Waals surface area contributed by atoms with Crippen LogP contribution in [0, 0.1) is 13.8 Å². The SMILES string of the molecule is Cc1ccccc1-c1c(C)cccc1C(=O)Oc1ccccc1C(C)(C)C. The maximum atomic E-state index is 13.1. The Bertz CT molecular complexity index is 978. The molecule has 3 rings (SSSR count). The highest BCUT2D eigenvalue weighted by atomic mass is 16.5. The van der Waals surface area contributed by atoms with Gasteiger partial charge in [0.15, 0.2) is 0 Å². The second-order valence-corrected chi connectivity index (χ2v) is 7.95. The standard InChI is InChI=1S/C25H26O2/c1-17-11-6-7-13-19(17)23-18(2)12-10-14-20(23)24(26)27-22-16-9-8-15-21(22)25(3,4)5/h6-16H,1-5H3. The Hall–Kier alpha value is -2.87. The van der Waals surface area contributed by atoms with E-state index in [0.717, 1.165) is 27.8 Å². The molecule has 2 nitrogen and oxygen atoms in total. The zero-order chi connectivity index (χ0) is 19.6. The van der Waals surface area contributed by atoms with Gasteiger partial charge in [-0.25, -0.2) is 4.79 Å². The number of hydrogen-bond donors (Lipinski definition) is 0. The van der Waals surface area contributed by atoms with E-state index < -0.39 is 0 Å². The van der Waals surface area contributed by atoms with Crippen molar-refractivity contribution in [3.8, 4) is 16.9 Å². The molecule has 0 aliphatic carbocycles. The van der Waals surface area contributed by atoms with E-state index in [9.17, 15) is 4.79 Å². The van der Waals surface area contributed by atoms with Gasteiger partial charge in [0.1, 0.15) is 5.75 Å². The Labute approximate surface area is 161 Å². The van der Waals surface area contributed by atoms with Gasteiger partial charge in [0.2, 0.25) is 0 Å². The summed E-state index contributed by atoms with van der Waals surface area (Å²) in [6.45, 7) is 10.4. The number of carbonyl (C=O) groups excluding carboxylic acids is 1. The Morgan fingerprint density at radius 1 is 0.778 bits per heavy atom. The Morgan fingerprint density at radius 2 is 1.41 bits per heavy atom. The predicted molar refractivity (Wildman–Crippen MR) is 111 cm³/mol. The van der Waals surface area contributed by atoms with Crippen LogP contribution in [0.5, 0.6) is 5.75 Å². The molecular formula is C25H26O2. The van der Waals surface area contributed by atoms with E-state index in [2.05, 4.69) is 39.8 Å². The molecule has 2 heteroatoms. The average Bonchev–Trinajstić information content (AvgIpc) is 2.62. The molecule has 3 aromatic carbocycles. The third-order valence-corrected chi connectivity index (χ3v) is 4.80. The monoisotopic (exact) mass is 358 g/mol. The van der Waals surface area contributed by atoms with Crippen LogP contribution in [-0.4, -0.2) is 5.97 Å². The van der Waals surface area contributed by atoms with Gasteiger partial charge in [0, 0.05) is 5.56 Å². The van der Waals surface area contributed by atoms with Crippen molar-refractivity contribution in [1.29, 1.82) is 0 Å². The van der Waals surface area contributed by atoms with E-state index in [4.69, 9.17) is 4.74 Å². The number of benzene rings is 3. The fourth-order valence-corrected chi connectivity index (χ4v) is 3.38. The Kier molecular flexibility index (Phi) is 5.18. The molecule has 3 aromatic rings. The lowest BCUT2D eigenvalue weighted by Gasteiger charge is -2.22. The lowest BCUT2D eigenvalue weighted by molar-refractivity contribution is 0.0732. The van der Waals surface area contributed by atoms with Crippen LogP contribution < -0.4 is 4.74 Å². The van der Waals surface area contributed by atoms with Gasteiger partial charge < -0.3 is 4.74 Å². The van der Waals surface area contributed by atoms with Gasteiger partial charge in [-0.15, -0.1) is 0 Å². The van der Waals surface area contributed by atoms with E-state index in [0.29, 0.717) is 11.3 Å². The van der Waals surface area contributed by atoms with Crippen molar-refractivity contribution in [2.45, 2.75) is 40.0 Å². The lowest BCUT2D eigenvalue weighted by Crippen LogP contribution is -2.17. The zero-order valence-corrected chi connectivity index (χ0v) is 16.7. The third-order valence-electron chi connectivity index (χ3n) is 4.80. The van der Waals surface area contributed by atoms with Crippen molar-refractivity contribution >= 4 is 5.97 Å². The van der Waals surface area contributed by atoms with Crippen LogP contribution in [0.3, 0.4) is 0 Å². The van der Waals surface area contributed by atoms with Crippen molar-refractivity contribution in [3.63, 3.8) is 0 Å². The van der Waals surface area contributed by atoms with Gasteiger partial charge in [-0.2, -0.15) is 0 Å². The summed E-state index contributed by atoms with van der Waals surface area (Å²) < 4.78 is 5.88. The molecular weight excluding hydrogens is 332 g/mol. The minimum Gasteiger partial charge on any atom is -0.423 e. The first-order valence-corrected chi connectivity index (χ1v) is 9.26. The van der Waals surface area contributed by atoms with E-state index in [1.165, 1.54) is 0 Å². The maximum absolute atomic E-state index is 13.1. The maximum Gasteiger partial charge on any atom is 0.344 e. The number of carbonyl (C=O) groups is 1. The van der Waals surface area contributed by atoms with Crippen molar-refractivity contribution in [2.24, 2.45) is 0 Å². The molecule has 0 heterocycles. The molecule has 0 aliphatic rings. The second-order valence-electron chi connectivity index (χ2n) is 7.95. The summed E-state index contributed by atoms with van der Waals surface area (Å²) in [5.74, 6) is 0.292. The fourth-order valence-electron chi connectivity index (χ4n) is 3.38. The molecule has 0 radical (unpaired) electrons. The van der Waals surface area contributed by atoms with Gasteiger partial charge >= 0.3 is 5.97 Å². The second kappa shape index (κ2) is 7.40. The van der Waals surface area contributed by atoms with E-state index in [1.807, 2.05) is 61.5 Å². The molecule has 0 atom stereocenters. The molecule has 138 valence electrons. The van der Waals surface area contributed by atoms with Crippen LogP contribution in [0.1, 0.15) is 47.8 Å². The van der Waals surface area contributed by atoms with Gasteiger partial charge in [-0.3, -0.25) is 0 Å². The van der Waals surface area contributed by atoms with Gasteiger partial charge in [-0.1, -0.05) is 75.4 Å². The molecule has 0 amide bonds. The summed E-state index contributed by atoms with van der Waals surface area (Å²) in [4.78, 5) is 13.1. The van der Waals surface area contributed by atoms with Crippen LogP contribution in [-0.2, 0) is 5.41 Å². The van der Waals surface area contributed by atoms with Gasteiger partial charge in [0.05, 0.1) is 5.56 Å². The quantitative estimate of drug-likeness (QED) is 0.395. The van der Waals surface area contributed by atoms with E-state index >= 15 is 0 Å². The van der Waals surface area contributed by atoms with Crippen molar-refractivity contribution in [3.05, 3.63) is 89.0 Å². The summed E-state index contributed by atoms with van der Waals surface area (Å²) >= 11 is 0. The highest BCUT2D eigenvalue weighted by Gasteiger charge is 2.22. The molecule has 0 aromatic heterocycles. The minimum absolute atomic E-state index is 0.109. The van der Waals surface area contributed by atoms with Crippen LogP contribution in [0.15, 0.2) is 66.7 Å². The van der Waals surface area contributed by atoms with Crippen LogP contribution in [0.2, 0.25) is 0 Å². The summed E-state index contributed by atoms with van der Waals surface area (Å²) in [7, 11) is 0. The van der Waals surface area contributed by atoms with E-state index in [-0.39, 0.29) is 11.4 Å². The highest BCUT2D eigenvalue weighted by molar-refractivity contribution is 5.99. The van der Waals surface area contributed by atoms with Crippen LogP contribution in [0.25, 0.3) is 11.1 Å². The summed E-state index contributed by atoms with van der Waals surface area (Å²) in [5.41, 5.74) is 5.69. The summed E-state index contributed by atoms with van der Waals surface area (Å²) in [6.07, 6.45) is 0. The van der Waals surface area contributed by atoms with Crippen molar-refractivity contribution < 1.29 is 9.53 Å².